The molecule has 2 N–H and O–H groups in total. The largest absolute Gasteiger partial charge is 0.354 e. The average molecular weight is 535 g/mol. The molecule has 0 radical (unpaired) electrons. The molecule has 1 atom stereocenters. The normalized spacial score (nSPS) is 15.9. The van der Waals surface area contributed by atoms with Crippen molar-refractivity contribution < 1.29 is 27.5 Å². The molecule has 37 heavy (non-hydrogen) atoms. The number of carbonyl (C=O) groups excluding carboxylic acids is 2. The molecule has 1 saturated heterocycles. The fraction of sp³-hybridized carbons (Fsp3) is 0.538. The van der Waals surface area contributed by atoms with Crippen LogP contribution in [0.4, 0.5) is 0 Å². The number of hydrogen-bond acceptors (Lipinski definition) is 7. The molecule has 1 aliphatic rings. The molecular formula is C26H38N4O6S. The van der Waals surface area contributed by atoms with Crippen LogP contribution in [0.2, 0.25) is 0 Å². The topological polar surface area (TPSA) is 117 Å². The van der Waals surface area contributed by atoms with Gasteiger partial charge in [-0.05, 0) is 55.1 Å². The second kappa shape index (κ2) is 14.4. The van der Waals surface area contributed by atoms with Gasteiger partial charge in [0.2, 0.25) is 22.7 Å². The molecule has 0 bridgehead atoms. The SMILES string of the molecule is COC(CNC(=O)CNC(=O)CN(CC1CCN(C(C)c2cccc3ccccc23)CC1)[SH](=O)=O)OC. The number of amides is 2. The van der Waals surface area contributed by atoms with Gasteiger partial charge in [0.25, 0.3) is 0 Å². The third kappa shape index (κ3) is 8.47. The van der Waals surface area contributed by atoms with Crippen molar-refractivity contribution in [1.29, 1.82) is 0 Å². The number of carbonyl (C=O) groups is 2. The van der Waals surface area contributed by atoms with Crippen LogP contribution in [0.15, 0.2) is 42.5 Å². The maximum Gasteiger partial charge on any atom is 0.239 e. The molecule has 1 heterocycles. The Hall–Kier alpha value is -2.57. The molecule has 11 heteroatoms. The third-order valence-corrected chi connectivity index (χ3v) is 7.70. The lowest BCUT2D eigenvalue weighted by molar-refractivity contribution is -0.129. The lowest BCUT2D eigenvalue weighted by Gasteiger charge is -2.37. The molecule has 1 aliphatic heterocycles. The van der Waals surface area contributed by atoms with Crippen LogP contribution in [0.25, 0.3) is 10.8 Å². The summed E-state index contributed by atoms with van der Waals surface area (Å²) in [6.45, 7) is 3.79. The second-order valence-electron chi connectivity index (χ2n) is 9.29. The highest BCUT2D eigenvalue weighted by atomic mass is 32.2. The zero-order valence-electron chi connectivity index (χ0n) is 21.7. The van der Waals surface area contributed by atoms with Crippen molar-refractivity contribution in [3.8, 4) is 0 Å². The third-order valence-electron chi connectivity index (χ3n) is 6.93. The van der Waals surface area contributed by atoms with E-state index >= 15 is 0 Å². The molecule has 3 rings (SSSR count). The van der Waals surface area contributed by atoms with E-state index in [1.807, 2.05) is 6.07 Å². The maximum absolute atomic E-state index is 12.3. The van der Waals surface area contributed by atoms with E-state index < -0.39 is 29.0 Å². The van der Waals surface area contributed by atoms with Gasteiger partial charge in [-0.1, -0.05) is 42.5 Å². The van der Waals surface area contributed by atoms with Crippen LogP contribution in [-0.2, 0) is 30.0 Å². The highest BCUT2D eigenvalue weighted by molar-refractivity contribution is 7.69. The van der Waals surface area contributed by atoms with Crippen molar-refractivity contribution in [3.05, 3.63) is 48.0 Å². The van der Waals surface area contributed by atoms with E-state index in [1.54, 1.807) is 0 Å². The van der Waals surface area contributed by atoms with Gasteiger partial charge >= 0.3 is 0 Å². The molecular weight excluding hydrogens is 496 g/mol. The molecule has 0 spiro atoms. The summed E-state index contributed by atoms with van der Waals surface area (Å²) in [6, 6.07) is 15.0. The van der Waals surface area contributed by atoms with Crippen LogP contribution in [0.5, 0.6) is 0 Å². The highest BCUT2D eigenvalue weighted by Gasteiger charge is 2.27. The lowest BCUT2D eigenvalue weighted by atomic mass is 9.93. The van der Waals surface area contributed by atoms with Gasteiger partial charge in [-0.2, -0.15) is 4.31 Å². The van der Waals surface area contributed by atoms with Crippen LogP contribution < -0.4 is 10.6 Å². The molecule has 2 aromatic rings. The first kappa shape index (κ1) is 29.0. The molecule has 2 amide bonds. The minimum atomic E-state index is -2.92. The molecule has 204 valence electrons. The zero-order valence-corrected chi connectivity index (χ0v) is 22.6. The predicted octanol–water partition coefficient (Wildman–Crippen LogP) is 1.29. The van der Waals surface area contributed by atoms with Crippen molar-refractivity contribution in [2.75, 3.05) is 53.5 Å². The van der Waals surface area contributed by atoms with Crippen molar-refractivity contribution in [2.24, 2.45) is 5.92 Å². The van der Waals surface area contributed by atoms with Crippen LogP contribution in [0.3, 0.4) is 0 Å². The van der Waals surface area contributed by atoms with Gasteiger partial charge < -0.3 is 20.1 Å². The van der Waals surface area contributed by atoms with Crippen molar-refractivity contribution in [3.63, 3.8) is 0 Å². The van der Waals surface area contributed by atoms with E-state index in [0.29, 0.717) is 0 Å². The summed E-state index contributed by atoms with van der Waals surface area (Å²) < 4.78 is 34.8. The van der Waals surface area contributed by atoms with E-state index in [1.165, 1.54) is 34.9 Å². The first-order valence-electron chi connectivity index (χ1n) is 12.5. The van der Waals surface area contributed by atoms with E-state index in [-0.39, 0.29) is 38.1 Å². The Kier molecular flexibility index (Phi) is 11.3. The first-order valence-corrected chi connectivity index (χ1v) is 13.6. The monoisotopic (exact) mass is 534 g/mol. The number of likely N-dealkylation sites (tertiary alicyclic amines) is 1. The van der Waals surface area contributed by atoms with Gasteiger partial charge in [0.1, 0.15) is 0 Å². The quantitative estimate of drug-likeness (QED) is 0.262. The van der Waals surface area contributed by atoms with E-state index in [4.69, 9.17) is 9.47 Å². The van der Waals surface area contributed by atoms with Gasteiger partial charge in [0.05, 0.1) is 19.6 Å². The first-order chi connectivity index (χ1) is 17.8. The molecule has 0 aliphatic carbocycles. The summed E-state index contributed by atoms with van der Waals surface area (Å²) in [5.41, 5.74) is 1.29. The minimum Gasteiger partial charge on any atom is -0.354 e. The Bertz CT molecular complexity index is 1100. The Morgan fingerprint density at radius 1 is 1.03 bits per heavy atom. The summed E-state index contributed by atoms with van der Waals surface area (Å²) in [4.78, 5) is 26.6. The van der Waals surface area contributed by atoms with Crippen molar-refractivity contribution in [2.45, 2.75) is 32.1 Å². The Morgan fingerprint density at radius 3 is 2.38 bits per heavy atom. The van der Waals surface area contributed by atoms with Gasteiger partial charge in [0, 0.05) is 26.8 Å². The van der Waals surface area contributed by atoms with Crippen LogP contribution >= 0.6 is 0 Å². The van der Waals surface area contributed by atoms with Gasteiger partial charge in [-0.15, -0.1) is 0 Å². The van der Waals surface area contributed by atoms with Gasteiger partial charge in [-0.25, -0.2) is 8.42 Å². The zero-order chi connectivity index (χ0) is 26.8. The van der Waals surface area contributed by atoms with Gasteiger partial charge in [-0.3, -0.25) is 14.5 Å². The average Bonchev–Trinajstić information content (AvgIpc) is 2.91. The fourth-order valence-electron chi connectivity index (χ4n) is 4.74. The van der Waals surface area contributed by atoms with E-state index in [0.717, 1.165) is 25.9 Å². The molecule has 2 aromatic carbocycles. The standard InChI is InChI=1S/C26H38N4O6S/c1-19(22-10-6-8-21-7-4-5-9-23(21)22)29-13-11-20(12-14-29)17-30(37(33)34)18-25(32)27-15-24(31)28-16-26(35-2)36-3/h4-10,19-20,26,37H,11-18H2,1-3H3,(H,27,32)(H,28,31). The molecule has 0 aromatic heterocycles. The second-order valence-corrected chi connectivity index (χ2v) is 10.3. The highest BCUT2D eigenvalue weighted by Crippen LogP contribution is 2.31. The smallest absolute Gasteiger partial charge is 0.239 e. The van der Waals surface area contributed by atoms with Crippen LogP contribution in [0.1, 0.15) is 31.4 Å². The summed E-state index contributed by atoms with van der Waals surface area (Å²) in [7, 11) is -0.0123. The Labute approximate surface area is 220 Å². The number of thiol groups is 1. The lowest BCUT2D eigenvalue weighted by Crippen LogP contribution is -2.45. The number of nitrogens with zero attached hydrogens (tertiary/aromatic N) is 2. The number of fused-ring (bicyclic) bond motifs is 1. The van der Waals surface area contributed by atoms with Gasteiger partial charge in [0.15, 0.2) is 6.29 Å². The van der Waals surface area contributed by atoms with Crippen LogP contribution in [-0.4, -0.2) is 89.2 Å². The summed E-state index contributed by atoms with van der Waals surface area (Å²) >= 11 is 0. The van der Waals surface area contributed by atoms with Crippen molar-refractivity contribution in [1.82, 2.24) is 19.8 Å². The number of benzene rings is 2. The number of hydrogen-bond donors (Lipinski definition) is 3. The summed E-state index contributed by atoms with van der Waals surface area (Å²) in [5.74, 6) is -0.774. The maximum atomic E-state index is 12.3. The van der Waals surface area contributed by atoms with Crippen molar-refractivity contribution >= 4 is 33.5 Å². The number of methoxy groups -OCH3 is 2. The Balaban J connectivity index is 1.46. The molecule has 0 saturated carbocycles. The molecule has 10 nitrogen and oxygen atoms in total. The summed E-state index contributed by atoms with van der Waals surface area (Å²) in [5, 5.41) is 7.52. The number of piperidine rings is 1. The minimum absolute atomic E-state index is 0.137. The molecule has 1 unspecified atom stereocenters. The fourth-order valence-corrected chi connectivity index (χ4v) is 5.35. The summed E-state index contributed by atoms with van der Waals surface area (Å²) in [6.07, 6.45) is 1.11. The van der Waals surface area contributed by atoms with E-state index in [9.17, 15) is 18.0 Å². The number of nitrogens with one attached hydrogen (secondary N) is 2. The number of ether oxygens (including phenoxy) is 2. The van der Waals surface area contributed by atoms with Crippen LogP contribution in [0, 0.1) is 5.92 Å². The van der Waals surface area contributed by atoms with E-state index in [2.05, 4.69) is 58.9 Å². The predicted molar refractivity (Wildman–Crippen MR) is 142 cm³/mol. The number of rotatable bonds is 13. The molecule has 1 fully saturated rings. The Morgan fingerprint density at radius 2 is 1.70 bits per heavy atom.